The van der Waals surface area contributed by atoms with Crippen LogP contribution in [0.4, 0.5) is 17.1 Å². The number of benzene rings is 11. The van der Waals surface area contributed by atoms with Gasteiger partial charge in [-0.25, -0.2) is 0 Å². The van der Waals surface area contributed by atoms with E-state index in [-0.39, 0.29) is 24.3 Å². The number of hydrogen-bond acceptors (Lipinski definition) is 1. The summed E-state index contributed by atoms with van der Waals surface area (Å²) >= 11 is 0. The van der Waals surface area contributed by atoms with E-state index in [4.69, 9.17) is 0 Å². The topological polar surface area (TPSA) is 18.0 Å². The van der Waals surface area contributed by atoms with Crippen molar-refractivity contribution in [3.05, 3.63) is 251 Å². The second-order valence-corrected chi connectivity index (χ2v) is 27.3. The van der Waals surface area contributed by atoms with Crippen molar-refractivity contribution in [2.45, 2.75) is 93.9 Å². The van der Waals surface area contributed by atoms with Crippen molar-refractivity contribution in [2.75, 3.05) is 4.90 Å². The SMILES string of the molecule is Cc1cc(C)c(B2c3cc(C(C)(C)C)ccc3N3c4ccc(C(C)(C)C)cc4B(c4c(C)cc(C)cc4C)c4cc(-n5c6c(-n7c8ccccc8c8ccccc87)cccc6c6cccc(-n7c8ccccc8c8ccccc87)c65)cc2c43)c(C)c1. The molecule has 14 aromatic rings. The maximum absolute atomic E-state index is 2.71. The second kappa shape index (κ2) is 18.6. The van der Waals surface area contributed by atoms with Gasteiger partial charge in [-0.2, -0.15) is 0 Å². The lowest BCUT2D eigenvalue weighted by atomic mass is 9.29. The Morgan fingerprint density at radius 2 is 0.640 bits per heavy atom. The Kier molecular flexibility index (Phi) is 11.3. The van der Waals surface area contributed by atoms with Crippen molar-refractivity contribution in [1.82, 2.24) is 13.7 Å². The quantitative estimate of drug-likeness (QED) is 0.157. The fraction of sp³-hybridized carbons (Fsp3) is 0.175. The normalized spacial score (nSPS) is 13.3. The Morgan fingerprint density at radius 1 is 0.302 bits per heavy atom. The number of nitrogens with zero attached hydrogens (tertiary/aromatic N) is 4. The fourth-order valence-electron chi connectivity index (χ4n) is 16.1. The van der Waals surface area contributed by atoms with Crippen LogP contribution in [0.15, 0.2) is 206 Å². The number of aromatic nitrogens is 3. The number of aryl methyl sites for hydroxylation is 6. The average Bonchev–Trinajstić information content (AvgIpc) is 0.972. The Morgan fingerprint density at radius 3 is 0.988 bits per heavy atom. The summed E-state index contributed by atoms with van der Waals surface area (Å²) in [4.78, 5) is 2.70. The molecule has 2 aliphatic heterocycles. The molecule has 416 valence electrons. The summed E-state index contributed by atoms with van der Waals surface area (Å²) in [7, 11) is 0. The van der Waals surface area contributed by atoms with E-state index >= 15 is 0 Å². The van der Waals surface area contributed by atoms with Gasteiger partial charge in [-0.15, -0.1) is 0 Å². The average molecular weight is 1110 g/mol. The van der Waals surface area contributed by atoms with Gasteiger partial charge in [-0.1, -0.05) is 231 Å². The van der Waals surface area contributed by atoms with E-state index in [0.717, 1.165) is 17.1 Å². The maximum atomic E-state index is 2.71. The molecule has 6 heteroatoms. The third kappa shape index (κ3) is 7.51. The van der Waals surface area contributed by atoms with Crippen LogP contribution in [0.5, 0.6) is 0 Å². The zero-order valence-electron chi connectivity index (χ0n) is 51.6. The van der Waals surface area contributed by atoms with Crippen LogP contribution in [0.25, 0.3) is 82.5 Å². The van der Waals surface area contributed by atoms with Crippen molar-refractivity contribution in [2.24, 2.45) is 0 Å². The van der Waals surface area contributed by atoms with Gasteiger partial charge in [0.2, 0.25) is 13.4 Å². The number of hydrogen-bond donors (Lipinski definition) is 0. The van der Waals surface area contributed by atoms with Crippen LogP contribution in [0, 0.1) is 41.5 Å². The smallest absolute Gasteiger partial charge is 0.247 e. The molecule has 0 atom stereocenters. The number of para-hydroxylation sites is 6. The summed E-state index contributed by atoms with van der Waals surface area (Å²) in [5.74, 6) is 0. The molecule has 0 saturated carbocycles. The van der Waals surface area contributed by atoms with Crippen LogP contribution in [-0.2, 0) is 10.8 Å². The molecule has 86 heavy (non-hydrogen) atoms. The predicted octanol–water partition coefficient (Wildman–Crippen LogP) is 16.6. The molecule has 0 N–H and O–H groups in total. The van der Waals surface area contributed by atoms with Crippen LogP contribution < -0.4 is 37.7 Å². The van der Waals surface area contributed by atoms with Gasteiger partial charge in [0.05, 0.1) is 44.5 Å². The molecule has 2 aliphatic rings. The highest BCUT2D eigenvalue weighted by Crippen LogP contribution is 2.46. The molecule has 0 saturated heterocycles. The number of rotatable bonds is 5. The Hall–Kier alpha value is -9.25. The van der Waals surface area contributed by atoms with Gasteiger partial charge in [0, 0.05) is 55.1 Å². The molecule has 0 aliphatic carbocycles. The molecular formula is C80H70B2N4. The molecule has 11 aromatic carbocycles. The van der Waals surface area contributed by atoms with E-state index < -0.39 is 0 Å². The lowest BCUT2D eigenvalue weighted by Crippen LogP contribution is -2.66. The minimum Gasteiger partial charge on any atom is -0.313 e. The summed E-state index contributed by atoms with van der Waals surface area (Å²) in [6, 6.07) is 79.9. The Balaban J connectivity index is 1.14. The first-order valence-electron chi connectivity index (χ1n) is 30.9. The second-order valence-electron chi connectivity index (χ2n) is 27.3. The van der Waals surface area contributed by atoms with Gasteiger partial charge in [0.1, 0.15) is 0 Å². The van der Waals surface area contributed by atoms with Crippen LogP contribution in [0.2, 0.25) is 0 Å². The van der Waals surface area contributed by atoms with E-state index in [1.807, 2.05) is 0 Å². The molecule has 16 rings (SSSR count). The highest BCUT2D eigenvalue weighted by Gasteiger charge is 2.46. The summed E-state index contributed by atoms with van der Waals surface area (Å²) in [5, 5.41) is 7.38. The number of fused-ring (bicyclic) bond motifs is 13. The standard InChI is InChI=1S/C80H70B2N4/c1-47-39-49(3)74(50(4)40-47)81-62-43-53(79(7,8)9)35-37-70(62)86-71-38-36-54(80(10,11)12)44-63(71)82(75-51(5)41-48(2)42-52(75)6)65-46-55(45-64(81)78(65)86)83-76-60(27-21-33-72(76)84-66-29-17-13-23-56(66)57-24-14-18-30-67(57)84)61-28-22-34-73(77(61)83)85-68-31-19-15-25-58(68)59-26-16-20-32-69(59)85/h13-46H,1-12H3. The van der Waals surface area contributed by atoms with Gasteiger partial charge in [0.15, 0.2) is 0 Å². The zero-order valence-corrected chi connectivity index (χ0v) is 51.6. The highest BCUT2D eigenvalue weighted by molar-refractivity contribution is 7.02. The molecule has 5 heterocycles. The number of anilines is 3. The molecule has 0 radical (unpaired) electrons. The van der Waals surface area contributed by atoms with Crippen LogP contribution >= 0.6 is 0 Å². The first-order chi connectivity index (χ1) is 41.4. The molecule has 0 bridgehead atoms. The van der Waals surface area contributed by atoms with E-state index in [1.54, 1.807) is 0 Å². The van der Waals surface area contributed by atoms with Crippen molar-refractivity contribution in [1.29, 1.82) is 0 Å². The zero-order chi connectivity index (χ0) is 59.0. The van der Waals surface area contributed by atoms with Gasteiger partial charge in [0.25, 0.3) is 0 Å². The van der Waals surface area contributed by atoms with E-state index in [9.17, 15) is 0 Å². The molecule has 0 amide bonds. The summed E-state index contributed by atoms with van der Waals surface area (Å²) in [5.41, 5.74) is 32.7. The monoisotopic (exact) mass is 1110 g/mol. The predicted molar refractivity (Wildman–Crippen MR) is 372 cm³/mol. The lowest BCUT2D eigenvalue weighted by Gasteiger charge is -2.45. The largest absolute Gasteiger partial charge is 0.313 e. The third-order valence-electron chi connectivity index (χ3n) is 19.6. The summed E-state index contributed by atoms with van der Waals surface area (Å²) in [6.07, 6.45) is 0. The summed E-state index contributed by atoms with van der Waals surface area (Å²) in [6.45, 7) is 28.0. The Bertz CT molecular complexity index is 4770. The molecule has 3 aromatic heterocycles. The van der Waals surface area contributed by atoms with Crippen LogP contribution in [0.1, 0.15) is 86.1 Å². The molecule has 0 unspecified atom stereocenters. The van der Waals surface area contributed by atoms with Gasteiger partial charge < -0.3 is 18.6 Å². The van der Waals surface area contributed by atoms with Crippen molar-refractivity contribution in [3.8, 4) is 17.1 Å². The maximum Gasteiger partial charge on any atom is 0.247 e. The van der Waals surface area contributed by atoms with Gasteiger partial charge >= 0.3 is 0 Å². The summed E-state index contributed by atoms with van der Waals surface area (Å²) < 4.78 is 7.80. The molecular weight excluding hydrogens is 1040 g/mol. The third-order valence-corrected chi connectivity index (χ3v) is 19.6. The Labute approximate surface area is 506 Å². The van der Waals surface area contributed by atoms with Crippen molar-refractivity contribution < 1.29 is 0 Å². The van der Waals surface area contributed by atoms with Crippen LogP contribution in [-0.4, -0.2) is 27.1 Å². The van der Waals surface area contributed by atoms with Crippen molar-refractivity contribution >= 4 is 129 Å². The lowest BCUT2D eigenvalue weighted by molar-refractivity contribution is 0.590. The molecule has 4 nitrogen and oxygen atoms in total. The van der Waals surface area contributed by atoms with E-state index in [2.05, 4.69) is 308 Å². The van der Waals surface area contributed by atoms with E-state index in [1.165, 1.54) is 160 Å². The van der Waals surface area contributed by atoms with Crippen molar-refractivity contribution in [3.63, 3.8) is 0 Å². The van der Waals surface area contributed by atoms with Gasteiger partial charge in [-0.05, 0) is 146 Å². The first-order valence-corrected chi connectivity index (χ1v) is 30.9. The van der Waals surface area contributed by atoms with Crippen LogP contribution in [0.3, 0.4) is 0 Å². The fourth-order valence-corrected chi connectivity index (χ4v) is 16.1. The minimum absolute atomic E-state index is 0.0906. The molecule has 0 spiro atoms. The first kappa shape index (κ1) is 52.3. The highest BCUT2D eigenvalue weighted by atomic mass is 15.2. The minimum atomic E-state index is -0.101. The molecule has 0 fully saturated rings. The van der Waals surface area contributed by atoms with Gasteiger partial charge in [-0.3, -0.25) is 0 Å². The van der Waals surface area contributed by atoms with E-state index in [0.29, 0.717) is 0 Å².